The molecule has 1 fully saturated rings. The fraction of sp³-hybridized carbons (Fsp3) is 0.636. The van der Waals surface area contributed by atoms with Crippen molar-refractivity contribution in [1.29, 1.82) is 0 Å². The smallest absolute Gasteiger partial charge is 0.327 e. The molecule has 3 unspecified atom stereocenters. The lowest BCUT2D eigenvalue weighted by Gasteiger charge is -2.27. The molecule has 3 atom stereocenters. The van der Waals surface area contributed by atoms with E-state index >= 15 is 0 Å². The number of thioether (sulfide) groups is 1. The van der Waals surface area contributed by atoms with E-state index in [9.17, 15) is 9.59 Å². The van der Waals surface area contributed by atoms with Gasteiger partial charge in [0.05, 0.1) is 5.37 Å². The number of hydrogen-bond donors (Lipinski definition) is 2. The first-order chi connectivity index (χ1) is 8.01. The van der Waals surface area contributed by atoms with Crippen molar-refractivity contribution in [3.05, 3.63) is 12.7 Å². The van der Waals surface area contributed by atoms with Crippen LogP contribution in [-0.4, -0.2) is 45.2 Å². The highest BCUT2D eigenvalue weighted by Crippen LogP contribution is 2.31. The van der Waals surface area contributed by atoms with Crippen molar-refractivity contribution >= 4 is 23.8 Å². The van der Waals surface area contributed by atoms with E-state index in [0.717, 1.165) is 6.42 Å². The zero-order chi connectivity index (χ0) is 13.0. The summed E-state index contributed by atoms with van der Waals surface area (Å²) in [5.41, 5.74) is 0. The second kappa shape index (κ2) is 5.95. The number of hydrogen-bond acceptors (Lipinski definition) is 3. The summed E-state index contributed by atoms with van der Waals surface area (Å²) < 4.78 is 0. The maximum atomic E-state index is 12.0. The Morgan fingerprint density at radius 1 is 1.71 bits per heavy atom. The number of aliphatic carboxylic acids is 1. The molecule has 96 valence electrons. The Morgan fingerprint density at radius 2 is 2.35 bits per heavy atom. The lowest BCUT2D eigenvalue weighted by atomic mass is 10.2. The first-order valence-electron chi connectivity index (χ1n) is 5.57. The third kappa shape index (κ3) is 3.15. The molecule has 0 aromatic rings. The van der Waals surface area contributed by atoms with E-state index in [4.69, 9.17) is 5.11 Å². The number of amides is 2. The molecule has 0 saturated carbocycles. The highest BCUT2D eigenvalue weighted by Gasteiger charge is 2.40. The summed E-state index contributed by atoms with van der Waals surface area (Å²) in [6.07, 6.45) is 2.35. The van der Waals surface area contributed by atoms with Crippen molar-refractivity contribution in [2.45, 2.75) is 37.7 Å². The first kappa shape index (κ1) is 13.9. The van der Waals surface area contributed by atoms with Gasteiger partial charge in [-0.15, -0.1) is 18.3 Å². The van der Waals surface area contributed by atoms with Crippen LogP contribution < -0.4 is 5.32 Å². The average molecular weight is 258 g/mol. The Morgan fingerprint density at radius 3 is 2.82 bits per heavy atom. The molecule has 1 aliphatic rings. The second-order valence-electron chi connectivity index (χ2n) is 3.93. The molecule has 0 aliphatic carbocycles. The minimum absolute atomic E-state index is 0.0619. The summed E-state index contributed by atoms with van der Waals surface area (Å²) in [5, 5.41) is 11.7. The van der Waals surface area contributed by atoms with Crippen LogP contribution in [0.3, 0.4) is 0 Å². The predicted molar refractivity (Wildman–Crippen MR) is 68.0 cm³/mol. The van der Waals surface area contributed by atoms with E-state index in [0.29, 0.717) is 5.75 Å². The number of carbonyl (C=O) groups is 2. The van der Waals surface area contributed by atoms with Crippen LogP contribution in [0.15, 0.2) is 12.7 Å². The van der Waals surface area contributed by atoms with Gasteiger partial charge in [-0.1, -0.05) is 13.0 Å². The fourth-order valence-electron chi connectivity index (χ4n) is 1.67. The van der Waals surface area contributed by atoms with Gasteiger partial charge in [0.2, 0.25) is 0 Å². The number of carbonyl (C=O) groups excluding carboxylic acids is 1. The predicted octanol–water partition coefficient (Wildman–Crippen LogP) is 1.51. The van der Waals surface area contributed by atoms with Crippen molar-refractivity contribution < 1.29 is 14.7 Å². The molecule has 0 aromatic carbocycles. The van der Waals surface area contributed by atoms with E-state index < -0.39 is 12.0 Å². The number of urea groups is 1. The molecule has 1 heterocycles. The Hall–Kier alpha value is -1.17. The van der Waals surface area contributed by atoms with Gasteiger partial charge >= 0.3 is 12.0 Å². The van der Waals surface area contributed by atoms with Gasteiger partial charge in [-0.3, -0.25) is 4.90 Å². The van der Waals surface area contributed by atoms with Crippen molar-refractivity contribution in [2.24, 2.45) is 0 Å². The van der Waals surface area contributed by atoms with Crippen molar-refractivity contribution in [1.82, 2.24) is 10.2 Å². The van der Waals surface area contributed by atoms with Crippen LogP contribution >= 0.6 is 11.8 Å². The van der Waals surface area contributed by atoms with E-state index in [2.05, 4.69) is 11.9 Å². The number of carboxylic acids is 1. The van der Waals surface area contributed by atoms with E-state index in [1.807, 2.05) is 6.92 Å². The van der Waals surface area contributed by atoms with E-state index in [-0.39, 0.29) is 17.4 Å². The molecule has 17 heavy (non-hydrogen) atoms. The van der Waals surface area contributed by atoms with Crippen molar-refractivity contribution in [3.8, 4) is 0 Å². The molecule has 6 heteroatoms. The van der Waals surface area contributed by atoms with Gasteiger partial charge in [-0.05, 0) is 13.3 Å². The zero-order valence-electron chi connectivity index (χ0n) is 10.0. The molecule has 0 spiro atoms. The van der Waals surface area contributed by atoms with E-state index in [1.165, 1.54) is 16.7 Å². The highest BCUT2D eigenvalue weighted by molar-refractivity contribution is 8.00. The maximum absolute atomic E-state index is 12.0. The molecule has 5 nitrogen and oxygen atoms in total. The van der Waals surface area contributed by atoms with Gasteiger partial charge in [0.25, 0.3) is 0 Å². The molecular formula is C11H18N2O3S. The zero-order valence-corrected chi connectivity index (χ0v) is 10.9. The summed E-state index contributed by atoms with van der Waals surface area (Å²) in [5.74, 6) is -0.501. The SMILES string of the molecule is C=CC(C)NC(=O)N1C(CC)SCC1C(=O)O. The van der Waals surface area contributed by atoms with Gasteiger partial charge in [-0.2, -0.15) is 0 Å². The van der Waals surface area contributed by atoms with Crippen molar-refractivity contribution in [3.63, 3.8) is 0 Å². The molecule has 0 bridgehead atoms. The minimum Gasteiger partial charge on any atom is -0.480 e. The first-order valence-corrected chi connectivity index (χ1v) is 6.61. The van der Waals surface area contributed by atoms with Crippen LogP contribution in [0.2, 0.25) is 0 Å². The summed E-state index contributed by atoms with van der Waals surface area (Å²) >= 11 is 1.51. The average Bonchev–Trinajstić information content (AvgIpc) is 2.72. The van der Waals surface area contributed by atoms with Crippen LogP contribution in [0.25, 0.3) is 0 Å². The second-order valence-corrected chi connectivity index (χ2v) is 5.14. The standard InChI is InChI=1S/C11H18N2O3S/c1-4-7(3)12-11(16)13-8(10(14)15)6-17-9(13)5-2/h4,7-9H,1,5-6H2,2-3H3,(H,12,16)(H,14,15). The van der Waals surface area contributed by atoms with E-state index in [1.54, 1.807) is 13.0 Å². The third-order valence-electron chi connectivity index (χ3n) is 2.67. The van der Waals surface area contributed by atoms with Gasteiger partial charge < -0.3 is 10.4 Å². The quantitative estimate of drug-likeness (QED) is 0.750. The van der Waals surface area contributed by atoms with Gasteiger partial charge in [0, 0.05) is 11.8 Å². The maximum Gasteiger partial charge on any atom is 0.327 e. The van der Waals surface area contributed by atoms with Gasteiger partial charge in [0.15, 0.2) is 0 Å². The highest BCUT2D eigenvalue weighted by atomic mass is 32.2. The van der Waals surface area contributed by atoms with Crippen LogP contribution in [0.1, 0.15) is 20.3 Å². The summed E-state index contributed by atoms with van der Waals surface area (Å²) in [6, 6.07) is -1.23. The minimum atomic E-state index is -0.949. The van der Waals surface area contributed by atoms with Crippen LogP contribution in [0.4, 0.5) is 4.79 Å². The third-order valence-corrected chi connectivity index (χ3v) is 4.12. The number of nitrogens with zero attached hydrogens (tertiary/aromatic N) is 1. The van der Waals surface area contributed by atoms with Gasteiger partial charge in [0.1, 0.15) is 6.04 Å². The number of nitrogens with one attached hydrogen (secondary N) is 1. The lowest BCUT2D eigenvalue weighted by Crippen LogP contribution is -2.51. The molecule has 1 saturated heterocycles. The van der Waals surface area contributed by atoms with Crippen LogP contribution in [0.5, 0.6) is 0 Å². The normalized spacial score (nSPS) is 25.4. The topological polar surface area (TPSA) is 69.6 Å². The molecule has 2 N–H and O–H groups in total. The summed E-state index contributed by atoms with van der Waals surface area (Å²) in [6.45, 7) is 7.32. The molecule has 1 aliphatic heterocycles. The number of carboxylic acid groups (broad SMARTS) is 1. The molecule has 1 rings (SSSR count). The molecular weight excluding hydrogens is 240 g/mol. The van der Waals surface area contributed by atoms with Crippen LogP contribution in [0, 0.1) is 0 Å². The van der Waals surface area contributed by atoms with Gasteiger partial charge in [-0.25, -0.2) is 9.59 Å². The molecule has 2 amide bonds. The molecule has 0 radical (unpaired) electrons. The van der Waals surface area contributed by atoms with Crippen LogP contribution in [-0.2, 0) is 4.79 Å². The lowest BCUT2D eigenvalue weighted by molar-refractivity contribution is -0.141. The fourth-order valence-corrected chi connectivity index (χ4v) is 3.02. The number of rotatable bonds is 4. The Balaban J connectivity index is 2.77. The Kier molecular flexibility index (Phi) is 4.86. The Labute approximate surface area is 105 Å². The van der Waals surface area contributed by atoms with Crippen molar-refractivity contribution in [2.75, 3.05) is 5.75 Å². The monoisotopic (exact) mass is 258 g/mol. The summed E-state index contributed by atoms with van der Waals surface area (Å²) in [7, 11) is 0. The summed E-state index contributed by atoms with van der Waals surface area (Å²) in [4.78, 5) is 24.5. The Bertz CT molecular complexity index is 322. The largest absolute Gasteiger partial charge is 0.480 e. The molecule has 0 aromatic heterocycles.